The molecule has 6 heteroatoms. The number of likely N-dealkylation sites (tertiary alicyclic amines) is 2. The van der Waals surface area contributed by atoms with Crippen LogP contribution >= 0.6 is 0 Å². The summed E-state index contributed by atoms with van der Waals surface area (Å²) >= 11 is 0. The molecule has 0 bridgehead atoms. The molecule has 2 saturated heterocycles. The zero-order chi connectivity index (χ0) is 16.9. The summed E-state index contributed by atoms with van der Waals surface area (Å²) < 4.78 is 4.96. The number of carbonyl (C=O) groups is 2. The minimum atomic E-state index is 0.0544. The highest BCUT2D eigenvalue weighted by molar-refractivity contribution is 5.78. The number of amides is 2. The van der Waals surface area contributed by atoms with Crippen molar-refractivity contribution in [1.82, 2.24) is 14.8 Å². The molecule has 1 aromatic rings. The van der Waals surface area contributed by atoms with Crippen LogP contribution in [-0.2, 0) is 20.9 Å². The largest absolute Gasteiger partial charge is 0.375 e. The van der Waals surface area contributed by atoms with E-state index in [2.05, 4.69) is 4.98 Å². The SMILES string of the molecule is COCC(=O)N1CCC2CC(=O)N(Cc3cccnc3)CCC2C1. The molecule has 2 amide bonds. The van der Waals surface area contributed by atoms with E-state index in [0.717, 1.165) is 38.0 Å². The fraction of sp³-hybridized carbons (Fsp3) is 0.611. The van der Waals surface area contributed by atoms with Crippen molar-refractivity contribution < 1.29 is 14.3 Å². The molecule has 0 spiro atoms. The number of pyridine rings is 1. The van der Waals surface area contributed by atoms with Gasteiger partial charge < -0.3 is 14.5 Å². The van der Waals surface area contributed by atoms with Gasteiger partial charge in [0.1, 0.15) is 6.61 Å². The van der Waals surface area contributed by atoms with Gasteiger partial charge in [-0.05, 0) is 36.3 Å². The monoisotopic (exact) mass is 331 g/mol. The molecule has 2 unspecified atom stereocenters. The molecule has 0 radical (unpaired) electrons. The summed E-state index contributed by atoms with van der Waals surface area (Å²) in [6, 6.07) is 3.90. The molecule has 1 aromatic heterocycles. The van der Waals surface area contributed by atoms with Crippen molar-refractivity contribution in [1.29, 1.82) is 0 Å². The minimum absolute atomic E-state index is 0.0544. The highest BCUT2D eigenvalue weighted by Crippen LogP contribution is 2.32. The lowest BCUT2D eigenvalue weighted by molar-refractivity contribution is -0.138. The maximum Gasteiger partial charge on any atom is 0.248 e. The first-order valence-corrected chi connectivity index (χ1v) is 8.60. The molecule has 0 aliphatic carbocycles. The highest BCUT2D eigenvalue weighted by Gasteiger charge is 2.36. The van der Waals surface area contributed by atoms with Crippen LogP contribution in [0.25, 0.3) is 0 Å². The topological polar surface area (TPSA) is 62.7 Å². The Kier molecular flexibility index (Phi) is 5.45. The lowest BCUT2D eigenvalue weighted by Gasteiger charge is -2.37. The van der Waals surface area contributed by atoms with E-state index in [0.29, 0.717) is 24.8 Å². The van der Waals surface area contributed by atoms with Gasteiger partial charge in [-0.1, -0.05) is 6.07 Å². The number of methoxy groups -OCH3 is 1. The normalized spacial score (nSPS) is 24.5. The molecule has 2 fully saturated rings. The minimum Gasteiger partial charge on any atom is -0.375 e. The molecule has 3 heterocycles. The van der Waals surface area contributed by atoms with Crippen LogP contribution in [0.2, 0.25) is 0 Å². The average molecular weight is 331 g/mol. The van der Waals surface area contributed by atoms with Gasteiger partial charge in [0, 0.05) is 52.1 Å². The van der Waals surface area contributed by atoms with Crippen LogP contribution in [0.5, 0.6) is 0 Å². The predicted molar refractivity (Wildman–Crippen MR) is 88.9 cm³/mol. The van der Waals surface area contributed by atoms with Gasteiger partial charge in [-0.2, -0.15) is 0 Å². The molecule has 0 N–H and O–H groups in total. The number of carbonyl (C=O) groups excluding carboxylic acids is 2. The van der Waals surface area contributed by atoms with Gasteiger partial charge in [-0.15, -0.1) is 0 Å². The van der Waals surface area contributed by atoms with Crippen LogP contribution in [0, 0.1) is 11.8 Å². The van der Waals surface area contributed by atoms with Crippen LogP contribution in [-0.4, -0.2) is 59.9 Å². The standard InChI is InChI=1S/C18H25N3O3/c1-24-13-18(23)21-7-4-15-9-17(22)20(8-5-16(15)12-21)11-14-3-2-6-19-10-14/h2-3,6,10,15-16H,4-5,7-9,11-13H2,1H3. The van der Waals surface area contributed by atoms with E-state index in [4.69, 9.17) is 4.74 Å². The lowest BCUT2D eigenvalue weighted by Crippen LogP contribution is -2.45. The fourth-order valence-corrected chi connectivity index (χ4v) is 3.80. The Morgan fingerprint density at radius 1 is 1.33 bits per heavy atom. The summed E-state index contributed by atoms with van der Waals surface area (Å²) in [6.07, 6.45) is 6.02. The smallest absolute Gasteiger partial charge is 0.248 e. The quantitative estimate of drug-likeness (QED) is 0.835. The van der Waals surface area contributed by atoms with Crippen LogP contribution in [0.15, 0.2) is 24.5 Å². The molecule has 0 aromatic carbocycles. The van der Waals surface area contributed by atoms with Crippen LogP contribution in [0.1, 0.15) is 24.8 Å². The van der Waals surface area contributed by atoms with E-state index in [9.17, 15) is 9.59 Å². The summed E-state index contributed by atoms with van der Waals surface area (Å²) in [5, 5.41) is 0. The van der Waals surface area contributed by atoms with Gasteiger partial charge in [-0.25, -0.2) is 0 Å². The summed E-state index contributed by atoms with van der Waals surface area (Å²) in [4.78, 5) is 32.6. The lowest BCUT2D eigenvalue weighted by atomic mass is 9.82. The molecule has 0 saturated carbocycles. The third-order valence-corrected chi connectivity index (χ3v) is 5.17. The number of nitrogens with zero attached hydrogens (tertiary/aromatic N) is 3. The Morgan fingerprint density at radius 3 is 2.92 bits per heavy atom. The Balaban J connectivity index is 1.62. The van der Waals surface area contributed by atoms with Crippen molar-refractivity contribution in [3.8, 4) is 0 Å². The first-order valence-electron chi connectivity index (χ1n) is 8.60. The van der Waals surface area contributed by atoms with Gasteiger partial charge in [0.25, 0.3) is 0 Å². The van der Waals surface area contributed by atoms with Gasteiger partial charge in [-0.3, -0.25) is 14.6 Å². The second-order valence-corrected chi connectivity index (χ2v) is 6.75. The molecule has 6 nitrogen and oxygen atoms in total. The average Bonchev–Trinajstić information content (AvgIpc) is 2.75. The van der Waals surface area contributed by atoms with Crippen molar-refractivity contribution in [3.05, 3.63) is 30.1 Å². The van der Waals surface area contributed by atoms with E-state index in [1.54, 1.807) is 13.3 Å². The van der Waals surface area contributed by atoms with E-state index in [-0.39, 0.29) is 18.4 Å². The van der Waals surface area contributed by atoms with Crippen LogP contribution in [0.3, 0.4) is 0 Å². The summed E-state index contributed by atoms with van der Waals surface area (Å²) in [6.45, 7) is 3.00. The van der Waals surface area contributed by atoms with Crippen molar-refractivity contribution in [2.75, 3.05) is 33.4 Å². The number of hydrogen-bond acceptors (Lipinski definition) is 4. The number of rotatable bonds is 4. The van der Waals surface area contributed by atoms with Crippen molar-refractivity contribution >= 4 is 11.8 Å². The Labute approximate surface area is 142 Å². The molecule has 2 aliphatic rings. The molecule has 2 atom stereocenters. The Morgan fingerprint density at radius 2 is 2.17 bits per heavy atom. The molecule has 2 aliphatic heterocycles. The number of piperidine rings is 1. The summed E-state index contributed by atoms with van der Waals surface area (Å²) in [7, 11) is 1.55. The van der Waals surface area contributed by atoms with Gasteiger partial charge in [0.15, 0.2) is 0 Å². The first-order chi connectivity index (χ1) is 11.7. The molecule has 3 rings (SSSR count). The fourth-order valence-electron chi connectivity index (χ4n) is 3.80. The number of aromatic nitrogens is 1. The predicted octanol–water partition coefficient (Wildman–Crippen LogP) is 1.32. The summed E-state index contributed by atoms with van der Waals surface area (Å²) in [5.41, 5.74) is 1.06. The molecule has 130 valence electrons. The van der Waals surface area contributed by atoms with Gasteiger partial charge in [0.05, 0.1) is 0 Å². The number of fused-ring (bicyclic) bond motifs is 1. The van der Waals surface area contributed by atoms with E-state index >= 15 is 0 Å². The third kappa shape index (κ3) is 3.93. The zero-order valence-electron chi connectivity index (χ0n) is 14.2. The Hall–Kier alpha value is -1.95. The second-order valence-electron chi connectivity index (χ2n) is 6.75. The summed E-state index contributed by atoms with van der Waals surface area (Å²) in [5.74, 6) is 1.08. The van der Waals surface area contributed by atoms with Crippen molar-refractivity contribution in [2.45, 2.75) is 25.8 Å². The zero-order valence-corrected chi connectivity index (χ0v) is 14.2. The van der Waals surface area contributed by atoms with Gasteiger partial charge in [0.2, 0.25) is 11.8 Å². The van der Waals surface area contributed by atoms with Crippen LogP contribution < -0.4 is 0 Å². The second kappa shape index (κ2) is 7.75. The number of ether oxygens (including phenoxy) is 1. The molecule has 24 heavy (non-hydrogen) atoms. The highest BCUT2D eigenvalue weighted by atomic mass is 16.5. The number of hydrogen-bond donors (Lipinski definition) is 0. The van der Waals surface area contributed by atoms with E-state index in [1.807, 2.05) is 28.1 Å². The molecular formula is C18H25N3O3. The maximum atomic E-state index is 12.6. The Bertz CT molecular complexity index is 578. The van der Waals surface area contributed by atoms with Crippen molar-refractivity contribution in [2.24, 2.45) is 11.8 Å². The van der Waals surface area contributed by atoms with E-state index < -0.39 is 0 Å². The van der Waals surface area contributed by atoms with E-state index in [1.165, 1.54) is 0 Å². The maximum absolute atomic E-state index is 12.6. The van der Waals surface area contributed by atoms with Gasteiger partial charge >= 0.3 is 0 Å². The molecular weight excluding hydrogens is 306 g/mol. The third-order valence-electron chi connectivity index (χ3n) is 5.17. The van der Waals surface area contributed by atoms with Crippen LogP contribution in [0.4, 0.5) is 0 Å². The first kappa shape index (κ1) is 16.9. The van der Waals surface area contributed by atoms with Crippen molar-refractivity contribution in [3.63, 3.8) is 0 Å².